The zero-order valence-corrected chi connectivity index (χ0v) is 24.5. The fraction of sp³-hybridized carbons (Fsp3) is 0.417. The van der Waals surface area contributed by atoms with Gasteiger partial charge in [-0.05, 0) is 57.5 Å². The Bertz CT molecular complexity index is 1210. The Balaban J connectivity index is 2.57. The van der Waals surface area contributed by atoms with Crippen molar-refractivity contribution >= 4 is 73.9 Å². The maximum Gasteiger partial charge on any atom is 0.244 e. The summed E-state index contributed by atoms with van der Waals surface area (Å²) in [6.07, 6.45) is 1.21. The third kappa shape index (κ3) is 8.15. The van der Waals surface area contributed by atoms with Crippen LogP contribution in [0.3, 0.4) is 0 Å². The first-order valence-corrected chi connectivity index (χ1v) is 14.4. The van der Waals surface area contributed by atoms with Crippen LogP contribution in [0.15, 0.2) is 36.4 Å². The number of benzene rings is 2. The summed E-state index contributed by atoms with van der Waals surface area (Å²) in [6.45, 7) is 6.47. The van der Waals surface area contributed by atoms with E-state index in [-0.39, 0.29) is 28.7 Å². The number of nitrogens with zero attached hydrogens (tertiary/aromatic N) is 2. The van der Waals surface area contributed by atoms with Crippen molar-refractivity contribution in [3.8, 4) is 0 Å². The van der Waals surface area contributed by atoms with Crippen molar-refractivity contribution in [2.24, 2.45) is 0 Å². The molecule has 2 amide bonds. The highest BCUT2D eigenvalue weighted by atomic mass is 35.5. The molecule has 0 radical (unpaired) electrons. The van der Waals surface area contributed by atoms with Crippen LogP contribution < -0.4 is 9.62 Å². The number of hydrogen-bond donors (Lipinski definition) is 1. The van der Waals surface area contributed by atoms with E-state index in [1.807, 2.05) is 20.8 Å². The van der Waals surface area contributed by atoms with Gasteiger partial charge in [0.2, 0.25) is 21.8 Å². The van der Waals surface area contributed by atoms with Crippen molar-refractivity contribution in [2.75, 3.05) is 17.1 Å². The Morgan fingerprint density at radius 2 is 1.58 bits per heavy atom. The summed E-state index contributed by atoms with van der Waals surface area (Å²) in [5.41, 5.74) is -0.0835. The fourth-order valence-corrected chi connectivity index (χ4v) is 5.30. The quantitative estimate of drug-likeness (QED) is 0.397. The van der Waals surface area contributed by atoms with Gasteiger partial charge < -0.3 is 10.2 Å². The molecule has 2 aromatic carbocycles. The predicted octanol–water partition coefficient (Wildman–Crippen LogP) is 5.79. The number of anilines is 1. The third-order valence-electron chi connectivity index (χ3n) is 5.13. The van der Waals surface area contributed by atoms with Gasteiger partial charge >= 0.3 is 0 Å². The molecule has 0 aliphatic heterocycles. The van der Waals surface area contributed by atoms with E-state index in [9.17, 15) is 18.0 Å². The molecule has 1 N–H and O–H groups in total. The monoisotopic (exact) mass is 595 g/mol. The Kier molecular flexibility index (Phi) is 10.4. The summed E-state index contributed by atoms with van der Waals surface area (Å²) in [6, 6.07) is 8.28. The van der Waals surface area contributed by atoms with Crippen molar-refractivity contribution in [1.29, 1.82) is 0 Å². The smallest absolute Gasteiger partial charge is 0.244 e. The molecule has 2 aromatic rings. The molecule has 0 bridgehead atoms. The molecule has 1 atom stereocenters. The SMILES string of the molecule is CC[C@H](C(=O)NC(C)(C)C)N(Cc1c(Cl)cccc1Cl)C(=O)CN(c1cc(Cl)ccc1Cl)S(C)(=O)=O. The Morgan fingerprint density at radius 1 is 1.00 bits per heavy atom. The molecular formula is C24H29Cl4N3O4S. The molecule has 0 heterocycles. The summed E-state index contributed by atoms with van der Waals surface area (Å²) >= 11 is 25.1. The molecular weight excluding hydrogens is 568 g/mol. The molecule has 198 valence electrons. The van der Waals surface area contributed by atoms with Gasteiger partial charge in [-0.1, -0.05) is 59.4 Å². The van der Waals surface area contributed by atoms with Crippen LogP contribution in [0, 0.1) is 0 Å². The van der Waals surface area contributed by atoms with E-state index in [1.54, 1.807) is 25.1 Å². The number of nitrogens with one attached hydrogen (secondary N) is 1. The molecule has 0 aromatic heterocycles. The average Bonchev–Trinajstić information content (AvgIpc) is 2.73. The van der Waals surface area contributed by atoms with E-state index < -0.39 is 40.0 Å². The topological polar surface area (TPSA) is 86.8 Å². The fourth-order valence-electron chi connectivity index (χ4n) is 3.50. The minimum atomic E-state index is -3.97. The number of sulfonamides is 1. The van der Waals surface area contributed by atoms with Gasteiger partial charge in [-0.25, -0.2) is 8.42 Å². The zero-order chi connectivity index (χ0) is 27.4. The average molecular weight is 597 g/mol. The normalized spacial score (nSPS) is 12.7. The largest absolute Gasteiger partial charge is 0.350 e. The minimum absolute atomic E-state index is 0.0444. The van der Waals surface area contributed by atoms with Crippen LogP contribution >= 0.6 is 46.4 Å². The first-order chi connectivity index (χ1) is 16.5. The lowest BCUT2D eigenvalue weighted by molar-refractivity contribution is -0.141. The van der Waals surface area contributed by atoms with Gasteiger partial charge in [-0.15, -0.1) is 0 Å². The molecule has 0 aliphatic carbocycles. The molecule has 0 aliphatic rings. The Labute approximate surface area is 232 Å². The molecule has 2 rings (SSSR count). The number of amides is 2. The van der Waals surface area contributed by atoms with Gasteiger partial charge in [-0.2, -0.15) is 0 Å². The van der Waals surface area contributed by atoms with E-state index in [2.05, 4.69) is 5.32 Å². The lowest BCUT2D eigenvalue weighted by atomic mass is 10.1. The van der Waals surface area contributed by atoms with Crippen molar-refractivity contribution in [2.45, 2.75) is 52.2 Å². The van der Waals surface area contributed by atoms with E-state index >= 15 is 0 Å². The first-order valence-electron chi connectivity index (χ1n) is 11.0. The highest BCUT2D eigenvalue weighted by Crippen LogP contribution is 2.32. The van der Waals surface area contributed by atoms with Gasteiger partial charge in [0, 0.05) is 32.7 Å². The predicted molar refractivity (Wildman–Crippen MR) is 148 cm³/mol. The van der Waals surface area contributed by atoms with Gasteiger partial charge in [0.15, 0.2) is 0 Å². The third-order valence-corrected chi connectivity index (χ3v) is 7.52. The number of halogens is 4. The molecule has 0 unspecified atom stereocenters. The highest BCUT2D eigenvalue weighted by Gasteiger charge is 2.34. The number of carbonyl (C=O) groups is 2. The number of carbonyl (C=O) groups excluding carboxylic acids is 2. The van der Waals surface area contributed by atoms with Crippen molar-refractivity contribution in [1.82, 2.24) is 10.2 Å². The Morgan fingerprint density at radius 3 is 2.08 bits per heavy atom. The van der Waals surface area contributed by atoms with E-state index in [0.29, 0.717) is 15.6 Å². The molecule has 36 heavy (non-hydrogen) atoms. The van der Waals surface area contributed by atoms with Crippen LogP contribution in [0.25, 0.3) is 0 Å². The second kappa shape index (κ2) is 12.2. The summed E-state index contributed by atoms with van der Waals surface area (Å²) < 4.78 is 26.3. The summed E-state index contributed by atoms with van der Waals surface area (Å²) in [7, 11) is -3.97. The van der Waals surface area contributed by atoms with E-state index in [0.717, 1.165) is 10.6 Å². The molecule has 7 nitrogen and oxygen atoms in total. The summed E-state index contributed by atoms with van der Waals surface area (Å²) in [4.78, 5) is 28.2. The van der Waals surface area contributed by atoms with Gasteiger partial charge in [0.25, 0.3) is 0 Å². The van der Waals surface area contributed by atoms with Crippen molar-refractivity contribution in [3.05, 3.63) is 62.1 Å². The van der Waals surface area contributed by atoms with Gasteiger partial charge in [0.05, 0.1) is 17.0 Å². The van der Waals surface area contributed by atoms with Crippen LogP contribution in [0.5, 0.6) is 0 Å². The molecule has 12 heteroatoms. The second-order valence-electron chi connectivity index (χ2n) is 9.25. The van der Waals surface area contributed by atoms with Gasteiger partial charge in [-0.3, -0.25) is 13.9 Å². The molecule has 0 spiro atoms. The van der Waals surface area contributed by atoms with Crippen LogP contribution in [-0.2, 0) is 26.2 Å². The first kappa shape index (κ1) is 30.5. The summed E-state index contributed by atoms with van der Waals surface area (Å²) in [5, 5.41) is 3.84. The van der Waals surface area contributed by atoms with Crippen LogP contribution in [0.1, 0.15) is 39.7 Å². The van der Waals surface area contributed by atoms with Crippen LogP contribution in [-0.4, -0.2) is 49.5 Å². The maximum atomic E-state index is 13.7. The van der Waals surface area contributed by atoms with Crippen molar-refractivity contribution in [3.63, 3.8) is 0 Å². The van der Waals surface area contributed by atoms with Gasteiger partial charge in [0.1, 0.15) is 12.6 Å². The highest BCUT2D eigenvalue weighted by molar-refractivity contribution is 7.92. The maximum absolute atomic E-state index is 13.7. The molecule has 0 saturated carbocycles. The van der Waals surface area contributed by atoms with Crippen molar-refractivity contribution < 1.29 is 18.0 Å². The lowest BCUT2D eigenvalue weighted by Crippen LogP contribution is -2.55. The van der Waals surface area contributed by atoms with Crippen LogP contribution in [0.2, 0.25) is 20.1 Å². The van der Waals surface area contributed by atoms with E-state index in [1.165, 1.54) is 23.1 Å². The lowest BCUT2D eigenvalue weighted by Gasteiger charge is -2.35. The second-order valence-corrected chi connectivity index (χ2v) is 12.8. The number of rotatable bonds is 9. The van der Waals surface area contributed by atoms with E-state index in [4.69, 9.17) is 46.4 Å². The Hall–Kier alpha value is -1.71. The molecule has 0 saturated heterocycles. The minimum Gasteiger partial charge on any atom is -0.350 e. The molecule has 0 fully saturated rings. The zero-order valence-electron chi connectivity index (χ0n) is 20.6. The number of hydrogen-bond acceptors (Lipinski definition) is 4. The standard InChI is InChI=1S/C24H29Cl4N3O4S/c1-6-20(23(33)29-24(2,3)4)30(13-16-17(26)8-7-9-18(16)27)22(32)14-31(36(5,34)35)21-12-15(25)10-11-19(21)28/h7-12,20H,6,13-14H2,1-5H3,(H,29,33)/t20-/m1/s1. The summed E-state index contributed by atoms with van der Waals surface area (Å²) in [5.74, 6) is -1.04. The van der Waals surface area contributed by atoms with Crippen LogP contribution in [0.4, 0.5) is 5.69 Å².